The summed E-state index contributed by atoms with van der Waals surface area (Å²) in [5.41, 5.74) is 2.29. The van der Waals surface area contributed by atoms with Gasteiger partial charge in [0.2, 0.25) is 5.91 Å². The molecule has 0 bridgehead atoms. The van der Waals surface area contributed by atoms with E-state index in [-0.39, 0.29) is 11.9 Å². The first-order chi connectivity index (χ1) is 11.1. The van der Waals surface area contributed by atoms with Crippen molar-refractivity contribution in [2.45, 2.75) is 37.6 Å². The molecule has 1 saturated heterocycles. The largest absolute Gasteiger partial charge is 0.374 e. The van der Waals surface area contributed by atoms with E-state index in [0.717, 1.165) is 25.1 Å². The van der Waals surface area contributed by atoms with Gasteiger partial charge in [-0.25, -0.2) is 0 Å². The lowest BCUT2D eigenvalue weighted by molar-refractivity contribution is -0.121. The van der Waals surface area contributed by atoms with Gasteiger partial charge in [0.25, 0.3) is 0 Å². The van der Waals surface area contributed by atoms with E-state index in [2.05, 4.69) is 34.7 Å². The van der Waals surface area contributed by atoms with Crippen LogP contribution in [0.25, 0.3) is 0 Å². The molecule has 1 heterocycles. The summed E-state index contributed by atoms with van der Waals surface area (Å²) in [7, 11) is 3.78. The van der Waals surface area contributed by atoms with Gasteiger partial charge in [-0.2, -0.15) is 0 Å². The second-order valence-electron chi connectivity index (χ2n) is 6.25. The van der Waals surface area contributed by atoms with Gasteiger partial charge in [0.05, 0.1) is 0 Å². The van der Waals surface area contributed by atoms with Gasteiger partial charge in [0.15, 0.2) is 0 Å². The highest BCUT2D eigenvalue weighted by Gasteiger charge is 2.19. The lowest BCUT2D eigenvalue weighted by Crippen LogP contribution is -2.37. The second-order valence-corrected chi connectivity index (χ2v) is 6.25. The highest BCUT2D eigenvalue weighted by molar-refractivity contribution is 5.84. The van der Waals surface area contributed by atoms with E-state index >= 15 is 0 Å². The molecule has 5 heteroatoms. The van der Waals surface area contributed by atoms with Crippen LogP contribution in [0.15, 0.2) is 24.3 Å². The summed E-state index contributed by atoms with van der Waals surface area (Å²) in [5.74, 6) is 0.538. The van der Waals surface area contributed by atoms with Crippen molar-refractivity contribution in [1.82, 2.24) is 10.2 Å². The quantitative estimate of drug-likeness (QED) is 0.755. The highest BCUT2D eigenvalue weighted by atomic mass is 16.2. The fourth-order valence-electron chi connectivity index (χ4n) is 3.07. The van der Waals surface area contributed by atoms with E-state index in [9.17, 15) is 9.59 Å². The Hall–Kier alpha value is -1.88. The van der Waals surface area contributed by atoms with Crippen molar-refractivity contribution in [3.8, 4) is 0 Å². The van der Waals surface area contributed by atoms with Gasteiger partial charge in [-0.3, -0.25) is 4.79 Å². The number of anilines is 1. The maximum atomic E-state index is 11.9. The van der Waals surface area contributed by atoms with Crippen LogP contribution in [0.2, 0.25) is 0 Å². The lowest BCUT2D eigenvalue weighted by atomic mass is 9.89. The number of hydrogen-bond donors (Lipinski definition) is 2. The van der Waals surface area contributed by atoms with Crippen LogP contribution in [0.3, 0.4) is 0 Å². The molecule has 1 fully saturated rings. The van der Waals surface area contributed by atoms with Crippen molar-refractivity contribution in [1.29, 1.82) is 0 Å². The molecule has 1 unspecified atom stereocenters. The van der Waals surface area contributed by atoms with Crippen molar-refractivity contribution in [2.24, 2.45) is 0 Å². The van der Waals surface area contributed by atoms with E-state index in [1.54, 1.807) is 7.05 Å². The Morgan fingerprint density at radius 3 is 2.52 bits per heavy atom. The summed E-state index contributed by atoms with van der Waals surface area (Å²) in [4.78, 5) is 24.8. The molecule has 2 N–H and O–H groups in total. The molecule has 0 radical (unpaired) electrons. The molecule has 1 aromatic carbocycles. The van der Waals surface area contributed by atoms with Crippen LogP contribution >= 0.6 is 0 Å². The molecule has 5 nitrogen and oxygen atoms in total. The van der Waals surface area contributed by atoms with Crippen molar-refractivity contribution in [3.63, 3.8) is 0 Å². The molecule has 2 rings (SSSR count). The zero-order chi connectivity index (χ0) is 16.7. The number of carbonyl (C=O) groups is 2. The number of piperidine rings is 1. The van der Waals surface area contributed by atoms with Gasteiger partial charge in [-0.15, -0.1) is 0 Å². The van der Waals surface area contributed by atoms with Crippen LogP contribution in [-0.4, -0.2) is 50.3 Å². The van der Waals surface area contributed by atoms with Crippen molar-refractivity contribution < 1.29 is 9.59 Å². The summed E-state index contributed by atoms with van der Waals surface area (Å²) in [5, 5.41) is 5.86. The highest BCUT2D eigenvalue weighted by Crippen LogP contribution is 2.28. The first kappa shape index (κ1) is 17.5. The third kappa shape index (κ3) is 5.06. The predicted octanol–water partition coefficient (Wildman–Crippen LogP) is 2.00. The van der Waals surface area contributed by atoms with E-state index in [1.165, 1.54) is 18.4 Å². The van der Waals surface area contributed by atoms with Crippen LogP contribution in [0.5, 0.6) is 0 Å². The number of carbonyl (C=O) groups excluding carboxylic acids is 2. The molecule has 1 aromatic rings. The molecule has 0 spiro atoms. The minimum Gasteiger partial charge on any atom is -0.374 e. The van der Waals surface area contributed by atoms with Crippen LogP contribution < -0.4 is 10.6 Å². The number of amides is 1. The average molecular weight is 317 g/mol. The van der Waals surface area contributed by atoms with Gasteiger partial charge in [0, 0.05) is 19.2 Å². The summed E-state index contributed by atoms with van der Waals surface area (Å²) in [6.45, 7) is 2.30. The molecule has 126 valence electrons. The number of nitrogens with zero attached hydrogens (tertiary/aromatic N) is 1. The molecule has 1 aliphatic heterocycles. The van der Waals surface area contributed by atoms with E-state index < -0.39 is 0 Å². The molecule has 1 atom stereocenters. The molecule has 1 aliphatic rings. The number of aldehydes is 1. The number of benzene rings is 1. The molecular weight excluding hydrogens is 290 g/mol. The number of likely N-dealkylation sites (tertiary alicyclic amines) is 1. The van der Waals surface area contributed by atoms with Crippen LogP contribution in [0.4, 0.5) is 5.69 Å². The standard InChI is InChI=1S/C18H27N3O2/c1-19-18(23)17(4-3-13-22)20-16-7-5-14(6-8-16)15-9-11-21(2)12-10-15/h5-8,13,15,17,20H,3-4,9-12H2,1-2H3,(H,19,23). The van der Waals surface area contributed by atoms with Gasteiger partial charge in [-0.1, -0.05) is 12.1 Å². The Labute approximate surface area is 138 Å². The fraction of sp³-hybridized carbons (Fsp3) is 0.556. The summed E-state index contributed by atoms with van der Waals surface area (Å²) < 4.78 is 0. The monoisotopic (exact) mass is 317 g/mol. The molecular formula is C18H27N3O2. The third-order valence-corrected chi connectivity index (χ3v) is 4.58. The van der Waals surface area contributed by atoms with Gasteiger partial charge < -0.3 is 20.3 Å². The SMILES string of the molecule is CNC(=O)C(CCC=O)Nc1ccc(C2CCN(C)CC2)cc1. The molecule has 0 aliphatic carbocycles. The van der Waals surface area contributed by atoms with Crippen LogP contribution in [-0.2, 0) is 9.59 Å². The molecule has 23 heavy (non-hydrogen) atoms. The van der Waals surface area contributed by atoms with Crippen molar-refractivity contribution in [2.75, 3.05) is 32.5 Å². The fourth-order valence-corrected chi connectivity index (χ4v) is 3.07. The predicted molar refractivity (Wildman–Crippen MR) is 92.7 cm³/mol. The maximum Gasteiger partial charge on any atom is 0.242 e. The van der Waals surface area contributed by atoms with E-state index in [4.69, 9.17) is 0 Å². The summed E-state index contributed by atoms with van der Waals surface area (Å²) >= 11 is 0. The Kier molecular flexibility index (Phi) is 6.59. The second kappa shape index (κ2) is 8.67. The smallest absolute Gasteiger partial charge is 0.242 e. The maximum absolute atomic E-state index is 11.9. The van der Waals surface area contributed by atoms with E-state index in [1.807, 2.05) is 12.1 Å². The van der Waals surface area contributed by atoms with Gasteiger partial charge in [-0.05, 0) is 63.0 Å². The van der Waals surface area contributed by atoms with Crippen molar-refractivity contribution >= 4 is 17.9 Å². The summed E-state index contributed by atoms with van der Waals surface area (Å²) in [6, 6.07) is 7.99. The number of hydrogen-bond acceptors (Lipinski definition) is 4. The minimum atomic E-state index is -0.376. The van der Waals surface area contributed by atoms with Crippen LogP contribution in [0.1, 0.15) is 37.2 Å². The van der Waals surface area contributed by atoms with Gasteiger partial charge >= 0.3 is 0 Å². The molecule has 0 saturated carbocycles. The third-order valence-electron chi connectivity index (χ3n) is 4.58. The lowest BCUT2D eigenvalue weighted by Gasteiger charge is -2.29. The zero-order valence-corrected chi connectivity index (χ0v) is 14.0. The van der Waals surface area contributed by atoms with Crippen LogP contribution in [0, 0.1) is 0 Å². The number of nitrogens with one attached hydrogen (secondary N) is 2. The first-order valence-corrected chi connectivity index (χ1v) is 8.34. The Morgan fingerprint density at radius 1 is 1.30 bits per heavy atom. The van der Waals surface area contributed by atoms with E-state index in [0.29, 0.717) is 18.8 Å². The number of likely N-dealkylation sites (N-methyl/N-ethyl adjacent to an activating group) is 1. The molecule has 1 amide bonds. The average Bonchev–Trinajstić information content (AvgIpc) is 2.59. The first-order valence-electron chi connectivity index (χ1n) is 8.34. The number of rotatable bonds is 7. The van der Waals surface area contributed by atoms with Crippen molar-refractivity contribution in [3.05, 3.63) is 29.8 Å². The molecule has 0 aromatic heterocycles. The minimum absolute atomic E-state index is 0.0914. The Balaban J connectivity index is 1.97. The normalized spacial score (nSPS) is 17.5. The Bertz CT molecular complexity index is 508. The summed E-state index contributed by atoms with van der Waals surface area (Å²) in [6.07, 6.45) is 4.12. The zero-order valence-electron chi connectivity index (χ0n) is 14.0. The van der Waals surface area contributed by atoms with Gasteiger partial charge in [0.1, 0.15) is 12.3 Å². The topological polar surface area (TPSA) is 61.4 Å². The Morgan fingerprint density at radius 2 is 1.96 bits per heavy atom.